The number of unbranched alkanes of at least 4 members (excludes halogenated alkanes) is 3. The normalized spacial score (nSPS) is 12.2. The second-order valence-corrected chi connectivity index (χ2v) is 9.74. The molecule has 1 heterocycles. The predicted molar refractivity (Wildman–Crippen MR) is 93.0 cm³/mol. The van der Waals surface area contributed by atoms with Crippen LogP contribution in [-0.4, -0.2) is 15.0 Å². The lowest BCUT2D eigenvalue weighted by Gasteiger charge is -2.06. The summed E-state index contributed by atoms with van der Waals surface area (Å²) < 4.78 is 27.6. The molecule has 1 aromatic heterocycles. The minimum Gasteiger partial charge on any atom is -0.326 e. The van der Waals surface area contributed by atoms with Gasteiger partial charge in [0.05, 0.1) is 3.79 Å². The second-order valence-electron chi connectivity index (χ2n) is 5.55. The maximum Gasteiger partial charge on any atom is 0.242 e. The van der Waals surface area contributed by atoms with Gasteiger partial charge in [-0.15, -0.1) is 11.3 Å². The number of rotatable bonds is 10. The highest BCUT2D eigenvalue weighted by Gasteiger charge is 2.19. The van der Waals surface area contributed by atoms with Gasteiger partial charge in [-0.3, -0.25) is 0 Å². The molecule has 0 aliphatic carbocycles. The zero-order valence-electron chi connectivity index (χ0n) is 12.7. The van der Waals surface area contributed by atoms with Crippen LogP contribution in [0, 0.1) is 5.92 Å². The van der Waals surface area contributed by atoms with Crippen LogP contribution in [-0.2, 0) is 16.6 Å². The summed E-state index contributed by atoms with van der Waals surface area (Å²) >= 11 is 4.66. The fraction of sp³-hybridized carbons (Fsp3) is 0.714. The molecule has 21 heavy (non-hydrogen) atoms. The van der Waals surface area contributed by atoms with E-state index in [0.29, 0.717) is 21.8 Å². The van der Waals surface area contributed by atoms with E-state index in [1.165, 1.54) is 30.6 Å². The van der Waals surface area contributed by atoms with Crippen LogP contribution >= 0.6 is 27.3 Å². The Bertz CT molecular complexity index is 527. The Labute approximate surface area is 140 Å². The molecular weight excluding hydrogens is 372 g/mol. The minimum atomic E-state index is -3.43. The van der Waals surface area contributed by atoms with Crippen molar-refractivity contribution >= 4 is 37.3 Å². The molecule has 0 aromatic carbocycles. The van der Waals surface area contributed by atoms with Gasteiger partial charge in [-0.25, -0.2) is 13.1 Å². The molecule has 0 unspecified atom stereocenters. The van der Waals surface area contributed by atoms with Crippen molar-refractivity contribution in [1.29, 1.82) is 0 Å². The van der Waals surface area contributed by atoms with Gasteiger partial charge in [-0.05, 0) is 34.3 Å². The Hall–Kier alpha value is 0.0500. The van der Waals surface area contributed by atoms with Crippen molar-refractivity contribution in [3.05, 3.63) is 14.7 Å². The zero-order valence-corrected chi connectivity index (χ0v) is 15.9. The van der Waals surface area contributed by atoms with Gasteiger partial charge in [0.15, 0.2) is 0 Å². The topological polar surface area (TPSA) is 72.2 Å². The van der Waals surface area contributed by atoms with E-state index in [1.807, 2.05) is 0 Å². The largest absolute Gasteiger partial charge is 0.326 e. The van der Waals surface area contributed by atoms with Crippen molar-refractivity contribution in [3.8, 4) is 0 Å². The van der Waals surface area contributed by atoms with Gasteiger partial charge < -0.3 is 5.73 Å². The molecule has 0 spiro atoms. The molecule has 0 aliphatic heterocycles. The molecule has 0 radical (unpaired) electrons. The van der Waals surface area contributed by atoms with Crippen LogP contribution in [0.15, 0.2) is 14.7 Å². The van der Waals surface area contributed by atoms with Gasteiger partial charge in [0.2, 0.25) is 10.0 Å². The monoisotopic (exact) mass is 396 g/mol. The van der Waals surface area contributed by atoms with Gasteiger partial charge in [0.1, 0.15) is 4.90 Å². The summed E-state index contributed by atoms with van der Waals surface area (Å²) in [5, 5.41) is 0. The molecule has 1 aromatic rings. The van der Waals surface area contributed by atoms with E-state index in [2.05, 4.69) is 34.5 Å². The SMILES string of the molecule is CC(C)CCCCCCNS(=O)(=O)c1cc(CN)sc1Br. The highest BCUT2D eigenvalue weighted by Crippen LogP contribution is 2.31. The molecule has 0 amide bonds. The molecule has 4 nitrogen and oxygen atoms in total. The third-order valence-electron chi connectivity index (χ3n) is 3.20. The summed E-state index contributed by atoms with van der Waals surface area (Å²) in [6.45, 7) is 5.30. The first-order valence-electron chi connectivity index (χ1n) is 7.34. The Kier molecular flexibility index (Phi) is 8.41. The number of hydrogen-bond donors (Lipinski definition) is 2. The molecule has 3 N–H and O–H groups in total. The lowest BCUT2D eigenvalue weighted by atomic mass is 10.0. The van der Waals surface area contributed by atoms with Crippen LogP contribution in [0.25, 0.3) is 0 Å². The zero-order chi connectivity index (χ0) is 15.9. The molecule has 0 atom stereocenters. The van der Waals surface area contributed by atoms with E-state index in [4.69, 9.17) is 5.73 Å². The fourth-order valence-corrected chi connectivity index (χ4v) is 5.63. The summed E-state index contributed by atoms with van der Waals surface area (Å²) in [5.41, 5.74) is 5.54. The van der Waals surface area contributed by atoms with E-state index in [0.717, 1.165) is 23.6 Å². The van der Waals surface area contributed by atoms with Crippen LogP contribution in [0.4, 0.5) is 0 Å². The van der Waals surface area contributed by atoms with E-state index in [-0.39, 0.29) is 0 Å². The predicted octanol–water partition coefficient (Wildman–Crippen LogP) is 3.85. The summed E-state index contributed by atoms with van der Waals surface area (Å²) in [4.78, 5) is 1.16. The van der Waals surface area contributed by atoms with Crippen molar-refractivity contribution in [2.24, 2.45) is 11.7 Å². The third-order valence-corrected chi connectivity index (χ3v) is 6.93. The highest BCUT2D eigenvalue weighted by atomic mass is 79.9. The van der Waals surface area contributed by atoms with Crippen molar-refractivity contribution in [3.63, 3.8) is 0 Å². The molecule has 122 valence electrons. The lowest BCUT2D eigenvalue weighted by Crippen LogP contribution is -2.24. The Morgan fingerprint density at radius 2 is 1.95 bits per heavy atom. The molecule has 0 saturated carbocycles. The summed E-state index contributed by atoms with van der Waals surface area (Å²) in [6, 6.07) is 1.64. The second kappa shape index (κ2) is 9.25. The number of hydrogen-bond acceptors (Lipinski definition) is 4. The Balaban J connectivity index is 2.35. The van der Waals surface area contributed by atoms with Gasteiger partial charge in [0.25, 0.3) is 0 Å². The maximum atomic E-state index is 12.2. The van der Waals surface area contributed by atoms with Crippen LogP contribution in [0.5, 0.6) is 0 Å². The van der Waals surface area contributed by atoms with Crippen LogP contribution in [0.3, 0.4) is 0 Å². The van der Waals surface area contributed by atoms with Crippen molar-refractivity contribution in [2.75, 3.05) is 6.54 Å². The number of halogens is 1. The van der Waals surface area contributed by atoms with Crippen molar-refractivity contribution in [2.45, 2.75) is 57.4 Å². The summed E-state index contributed by atoms with van der Waals surface area (Å²) in [7, 11) is -3.43. The average Bonchev–Trinajstić information content (AvgIpc) is 2.79. The molecular formula is C14H25BrN2O2S2. The van der Waals surface area contributed by atoms with E-state index >= 15 is 0 Å². The molecule has 7 heteroatoms. The lowest BCUT2D eigenvalue weighted by molar-refractivity contribution is 0.517. The van der Waals surface area contributed by atoms with Gasteiger partial charge in [-0.2, -0.15) is 0 Å². The van der Waals surface area contributed by atoms with Crippen LogP contribution in [0.1, 0.15) is 50.8 Å². The van der Waals surface area contributed by atoms with E-state index < -0.39 is 10.0 Å². The Morgan fingerprint density at radius 1 is 1.29 bits per heavy atom. The van der Waals surface area contributed by atoms with E-state index in [1.54, 1.807) is 6.07 Å². The third kappa shape index (κ3) is 6.78. The molecule has 0 aliphatic rings. The highest BCUT2D eigenvalue weighted by molar-refractivity contribution is 9.11. The summed E-state index contributed by atoms with van der Waals surface area (Å²) in [5.74, 6) is 0.746. The molecule has 0 bridgehead atoms. The first kappa shape index (κ1) is 19.1. The molecule has 1 rings (SSSR count). The summed E-state index contributed by atoms with van der Waals surface area (Å²) in [6.07, 6.45) is 5.58. The smallest absolute Gasteiger partial charge is 0.242 e. The van der Waals surface area contributed by atoms with E-state index in [9.17, 15) is 8.42 Å². The van der Waals surface area contributed by atoms with Crippen molar-refractivity contribution < 1.29 is 8.42 Å². The van der Waals surface area contributed by atoms with Crippen LogP contribution in [0.2, 0.25) is 0 Å². The van der Waals surface area contributed by atoms with Gasteiger partial charge >= 0.3 is 0 Å². The number of nitrogens with two attached hydrogens (primary N) is 1. The molecule has 0 saturated heterocycles. The van der Waals surface area contributed by atoms with Crippen molar-refractivity contribution in [1.82, 2.24) is 4.72 Å². The Morgan fingerprint density at radius 3 is 2.52 bits per heavy atom. The first-order valence-corrected chi connectivity index (χ1v) is 10.4. The quantitative estimate of drug-likeness (QED) is 0.589. The average molecular weight is 397 g/mol. The maximum absolute atomic E-state index is 12.2. The first-order chi connectivity index (χ1) is 9.86. The standard InChI is InChI=1S/C14H25BrN2O2S2/c1-11(2)7-5-3-4-6-8-17-21(18,19)13-9-12(10-16)20-14(13)15/h9,11,17H,3-8,10,16H2,1-2H3. The number of nitrogens with one attached hydrogen (secondary N) is 1. The molecule has 0 fully saturated rings. The fourth-order valence-electron chi connectivity index (χ4n) is 2.00. The van der Waals surface area contributed by atoms with Crippen LogP contribution < -0.4 is 10.5 Å². The number of thiophene rings is 1. The minimum absolute atomic E-state index is 0.299. The van der Waals surface area contributed by atoms with Gasteiger partial charge in [-0.1, -0.05) is 39.5 Å². The number of sulfonamides is 1. The van der Waals surface area contributed by atoms with Gasteiger partial charge in [0, 0.05) is 18.0 Å².